The van der Waals surface area contributed by atoms with Crippen LogP contribution >= 0.6 is 0 Å². The summed E-state index contributed by atoms with van der Waals surface area (Å²) in [6.07, 6.45) is 3.73. The van der Waals surface area contributed by atoms with Crippen molar-refractivity contribution in [3.63, 3.8) is 0 Å². The van der Waals surface area contributed by atoms with Crippen molar-refractivity contribution in [2.24, 2.45) is 0 Å². The highest BCUT2D eigenvalue weighted by molar-refractivity contribution is 5.99. The normalized spacial score (nSPS) is 16.4. The van der Waals surface area contributed by atoms with Crippen molar-refractivity contribution in [1.29, 1.82) is 0 Å². The largest absolute Gasteiger partial charge is 0.491 e. The first kappa shape index (κ1) is 21.4. The summed E-state index contributed by atoms with van der Waals surface area (Å²) >= 11 is 0. The first-order chi connectivity index (χ1) is 17.1. The Hall–Kier alpha value is -4.11. The molecule has 3 N–H and O–H groups in total. The summed E-state index contributed by atoms with van der Waals surface area (Å²) < 4.78 is 5.77. The molecule has 4 heterocycles. The van der Waals surface area contributed by atoms with E-state index in [1.54, 1.807) is 6.07 Å². The van der Waals surface area contributed by atoms with E-state index in [1.165, 1.54) is 5.69 Å². The standard InChI is InChI=1S/C26H27N7O2/c1-32-8-10-33(11-9-32)19-4-2-3-18(14-19)30-26-29-16-22-21(15-28-24(22)31-26)17-5-6-20-23(13-17)35-12-7-27-25(20)34/h2-6,13-16H,7-12H2,1H3,(H,27,34)(H2,28,29,30,31). The number of aromatic amines is 1. The smallest absolute Gasteiger partial charge is 0.255 e. The number of rotatable bonds is 4. The Morgan fingerprint density at radius 2 is 1.94 bits per heavy atom. The lowest BCUT2D eigenvalue weighted by Gasteiger charge is -2.34. The maximum absolute atomic E-state index is 12.2. The highest BCUT2D eigenvalue weighted by Gasteiger charge is 2.19. The van der Waals surface area contributed by atoms with Gasteiger partial charge in [-0.05, 0) is 42.9 Å². The molecule has 2 aromatic heterocycles. The van der Waals surface area contributed by atoms with Crippen LogP contribution in [0.3, 0.4) is 0 Å². The molecule has 35 heavy (non-hydrogen) atoms. The quantitative estimate of drug-likeness (QED) is 0.422. The molecule has 0 radical (unpaired) electrons. The number of anilines is 3. The van der Waals surface area contributed by atoms with Crippen LogP contribution in [0.1, 0.15) is 10.4 Å². The Labute approximate surface area is 203 Å². The van der Waals surface area contributed by atoms with Crippen molar-refractivity contribution in [1.82, 2.24) is 25.2 Å². The number of carbonyl (C=O) groups excluding carboxylic acids is 1. The van der Waals surface area contributed by atoms with Crippen molar-refractivity contribution in [2.45, 2.75) is 0 Å². The van der Waals surface area contributed by atoms with Crippen LogP contribution in [-0.4, -0.2) is 72.1 Å². The van der Waals surface area contributed by atoms with Crippen molar-refractivity contribution in [2.75, 3.05) is 56.6 Å². The molecule has 0 spiro atoms. The topological polar surface area (TPSA) is 98.4 Å². The van der Waals surface area contributed by atoms with E-state index in [-0.39, 0.29) is 5.91 Å². The maximum Gasteiger partial charge on any atom is 0.255 e. The lowest BCUT2D eigenvalue weighted by molar-refractivity contribution is 0.0957. The van der Waals surface area contributed by atoms with Crippen molar-refractivity contribution < 1.29 is 9.53 Å². The van der Waals surface area contributed by atoms with Crippen LogP contribution in [0.15, 0.2) is 54.9 Å². The predicted molar refractivity (Wildman–Crippen MR) is 137 cm³/mol. The third kappa shape index (κ3) is 4.26. The summed E-state index contributed by atoms with van der Waals surface area (Å²) in [4.78, 5) is 29.5. The van der Waals surface area contributed by atoms with Gasteiger partial charge in [-0.2, -0.15) is 4.98 Å². The number of fused-ring (bicyclic) bond motifs is 2. The van der Waals surface area contributed by atoms with Gasteiger partial charge in [0.25, 0.3) is 5.91 Å². The first-order valence-corrected chi connectivity index (χ1v) is 11.8. The molecule has 4 aromatic rings. The Balaban J connectivity index is 1.24. The Kier molecular flexibility index (Phi) is 5.46. The summed E-state index contributed by atoms with van der Waals surface area (Å²) in [5, 5.41) is 7.08. The van der Waals surface area contributed by atoms with Gasteiger partial charge in [-0.1, -0.05) is 12.1 Å². The average Bonchev–Trinajstić information content (AvgIpc) is 3.21. The van der Waals surface area contributed by atoms with Crippen LogP contribution in [0.4, 0.5) is 17.3 Å². The molecule has 0 saturated carbocycles. The van der Waals surface area contributed by atoms with E-state index in [4.69, 9.17) is 4.74 Å². The van der Waals surface area contributed by atoms with Gasteiger partial charge in [-0.25, -0.2) is 4.98 Å². The molecule has 0 unspecified atom stereocenters. The van der Waals surface area contributed by atoms with Gasteiger partial charge in [0.15, 0.2) is 0 Å². The summed E-state index contributed by atoms with van der Waals surface area (Å²) in [6.45, 7) is 5.12. The fourth-order valence-corrected chi connectivity index (χ4v) is 4.60. The molecular weight excluding hydrogens is 442 g/mol. The van der Waals surface area contributed by atoms with Crippen LogP contribution in [0.5, 0.6) is 5.75 Å². The van der Waals surface area contributed by atoms with E-state index < -0.39 is 0 Å². The predicted octanol–water partition coefficient (Wildman–Crippen LogP) is 3.24. The second-order valence-electron chi connectivity index (χ2n) is 8.94. The number of piperazine rings is 1. The maximum atomic E-state index is 12.2. The van der Waals surface area contributed by atoms with E-state index in [0.29, 0.717) is 30.4 Å². The number of hydrogen-bond acceptors (Lipinski definition) is 7. The SMILES string of the molecule is CN1CCN(c2cccc(Nc3ncc4c(-c5ccc6c(c5)OCCNC6=O)c[nH]c4n3)c2)CC1. The molecule has 178 valence electrons. The molecule has 1 amide bonds. The lowest BCUT2D eigenvalue weighted by atomic mass is 10.0. The second kappa shape index (κ2) is 8.92. The Morgan fingerprint density at radius 1 is 1.06 bits per heavy atom. The number of hydrogen-bond donors (Lipinski definition) is 3. The highest BCUT2D eigenvalue weighted by atomic mass is 16.5. The van der Waals surface area contributed by atoms with Gasteiger partial charge in [-0.3, -0.25) is 4.79 Å². The van der Waals surface area contributed by atoms with Gasteiger partial charge >= 0.3 is 0 Å². The molecule has 0 bridgehead atoms. The number of benzene rings is 2. The molecule has 9 nitrogen and oxygen atoms in total. The van der Waals surface area contributed by atoms with Gasteiger partial charge in [0, 0.05) is 60.9 Å². The molecule has 1 saturated heterocycles. The van der Waals surface area contributed by atoms with Gasteiger partial charge < -0.3 is 30.2 Å². The fourth-order valence-electron chi connectivity index (χ4n) is 4.60. The molecule has 2 aliphatic heterocycles. The number of nitrogens with zero attached hydrogens (tertiary/aromatic N) is 4. The minimum atomic E-state index is -0.112. The Morgan fingerprint density at radius 3 is 2.83 bits per heavy atom. The minimum absolute atomic E-state index is 0.112. The van der Waals surface area contributed by atoms with E-state index in [2.05, 4.69) is 60.6 Å². The zero-order valence-electron chi connectivity index (χ0n) is 19.5. The zero-order valence-corrected chi connectivity index (χ0v) is 19.5. The molecule has 2 aliphatic rings. The van der Waals surface area contributed by atoms with Crippen LogP contribution in [0.25, 0.3) is 22.2 Å². The Bertz CT molecular complexity index is 1390. The summed E-state index contributed by atoms with van der Waals surface area (Å²) in [7, 11) is 2.16. The molecule has 0 atom stereocenters. The monoisotopic (exact) mass is 469 g/mol. The lowest BCUT2D eigenvalue weighted by Crippen LogP contribution is -2.44. The van der Waals surface area contributed by atoms with Crippen LogP contribution in [0, 0.1) is 0 Å². The number of ether oxygens (including phenoxy) is 1. The third-order valence-electron chi connectivity index (χ3n) is 6.59. The summed E-state index contributed by atoms with van der Waals surface area (Å²) in [6, 6.07) is 14.0. The van der Waals surface area contributed by atoms with Crippen molar-refractivity contribution in [3.8, 4) is 16.9 Å². The van der Waals surface area contributed by atoms with Crippen molar-refractivity contribution in [3.05, 3.63) is 60.4 Å². The van der Waals surface area contributed by atoms with E-state index in [9.17, 15) is 4.79 Å². The molecular formula is C26H27N7O2. The summed E-state index contributed by atoms with van der Waals surface area (Å²) in [5.74, 6) is 1.01. The van der Waals surface area contributed by atoms with E-state index in [1.807, 2.05) is 30.6 Å². The van der Waals surface area contributed by atoms with Gasteiger partial charge in [-0.15, -0.1) is 0 Å². The highest BCUT2D eigenvalue weighted by Crippen LogP contribution is 2.33. The summed E-state index contributed by atoms with van der Waals surface area (Å²) in [5.41, 5.74) is 5.33. The number of nitrogens with one attached hydrogen (secondary N) is 3. The zero-order chi connectivity index (χ0) is 23.8. The third-order valence-corrected chi connectivity index (χ3v) is 6.59. The molecule has 2 aromatic carbocycles. The molecule has 1 fully saturated rings. The van der Waals surface area contributed by atoms with E-state index in [0.717, 1.165) is 54.0 Å². The van der Waals surface area contributed by atoms with Crippen LogP contribution < -0.4 is 20.3 Å². The number of H-pyrrole nitrogens is 1. The number of aromatic nitrogens is 3. The van der Waals surface area contributed by atoms with E-state index >= 15 is 0 Å². The van der Waals surface area contributed by atoms with Gasteiger partial charge in [0.1, 0.15) is 18.0 Å². The first-order valence-electron chi connectivity index (χ1n) is 11.8. The van der Waals surface area contributed by atoms with Gasteiger partial charge in [0.05, 0.1) is 12.1 Å². The second-order valence-corrected chi connectivity index (χ2v) is 8.94. The number of amides is 1. The molecule has 9 heteroatoms. The minimum Gasteiger partial charge on any atom is -0.491 e. The van der Waals surface area contributed by atoms with Crippen molar-refractivity contribution >= 4 is 34.3 Å². The van der Waals surface area contributed by atoms with Crippen LogP contribution in [-0.2, 0) is 0 Å². The number of likely N-dealkylation sites (N-methyl/N-ethyl adjacent to an activating group) is 1. The van der Waals surface area contributed by atoms with Gasteiger partial charge in [0.2, 0.25) is 5.95 Å². The number of carbonyl (C=O) groups is 1. The van der Waals surface area contributed by atoms with Crippen LogP contribution in [0.2, 0.25) is 0 Å². The molecule has 0 aliphatic carbocycles. The average molecular weight is 470 g/mol. The fraction of sp³-hybridized carbons (Fsp3) is 0.269. The molecule has 6 rings (SSSR count).